The van der Waals surface area contributed by atoms with Gasteiger partial charge < -0.3 is 16.0 Å². The smallest absolute Gasteiger partial charge is 0.314 e. The SMILES string of the molecule is CCNC(=O)NCCn1cc(-c2cc(C)cc(Nc3nccc(C(F)F)n3)c2)cn1. The van der Waals surface area contributed by atoms with E-state index < -0.39 is 6.43 Å². The number of nitrogens with one attached hydrogen (secondary N) is 3. The van der Waals surface area contributed by atoms with E-state index in [0.717, 1.165) is 16.7 Å². The lowest BCUT2D eigenvalue weighted by molar-refractivity contribution is 0.146. The number of aromatic nitrogens is 4. The van der Waals surface area contributed by atoms with Crippen LogP contribution in [-0.2, 0) is 6.54 Å². The van der Waals surface area contributed by atoms with E-state index in [9.17, 15) is 13.6 Å². The van der Waals surface area contributed by atoms with Crippen molar-refractivity contribution in [2.45, 2.75) is 26.8 Å². The van der Waals surface area contributed by atoms with Gasteiger partial charge in [0.1, 0.15) is 5.69 Å². The summed E-state index contributed by atoms with van der Waals surface area (Å²) in [5.41, 5.74) is 3.13. The Morgan fingerprint density at radius 1 is 1.20 bits per heavy atom. The zero-order valence-corrected chi connectivity index (χ0v) is 16.7. The van der Waals surface area contributed by atoms with Crippen LogP contribution in [0.4, 0.5) is 25.2 Å². The van der Waals surface area contributed by atoms with Crippen LogP contribution in [-0.4, -0.2) is 38.9 Å². The Morgan fingerprint density at radius 2 is 2.03 bits per heavy atom. The van der Waals surface area contributed by atoms with Gasteiger partial charge in [-0.15, -0.1) is 0 Å². The maximum Gasteiger partial charge on any atom is 0.314 e. The molecule has 0 unspecified atom stereocenters. The van der Waals surface area contributed by atoms with E-state index in [1.807, 2.05) is 38.2 Å². The van der Waals surface area contributed by atoms with Crippen molar-refractivity contribution in [2.75, 3.05) is 18.4 Å². The fourth-order valence-electron chi connectivity index (χ4n) is 2.85. The van der Waals surface area contributed by atoms with E-state index in [4.69, 9.17) is 0 Å². The fraction of sp³-hybridized carbons (Fsp3) is 0.300. The van der Waals surface area contributed by atoms with Gasteiger partial charge in [0.15, 0.2) is 0 Å². The Labute approximate surface area is 172 Å². The molecule has 0 spiro atoms. The van der Waals surface area contributed by atoms with Gasteiger partial charge in [-0.3, -0.25) is 4.68 Å². The zero-order valence-electron chi connectivity index (χ0n) is 16.7. The number of hydrogen-bond donors (Lipinski definition) is 3. The topological polar surface area (TPSA) is 96.8 Å². The number of nitrogens with zero attached hydrogens (tertiary/aromatic N) is 4. The molecule has 1 aromatic carbocycles. The highest BCUT2D eigenvalue weighted by molar-refractivity contribution is 5.73. The lowest BCUT2D eigenvalue weighted by Crippen LogP contribution is -2.37. The summed E-state index contributed by atoms with van der Waals surface area (Å²) in [6, 6.07) is 6.72. The summed E-state index contributed by atoms with van der Waals surface area (Å²) in [5, 5.41) is 12.7. The Balaban J connectivity index is 1.70. The molecule has 0 radical (unpaired) electrons. The van der Waals surface area contributed by atoms with Gasteiger partial charge in [-0.1, -0.05) is 6.07 Å². The number of alkyl halides is 2. The van der Waals surface area contributed by atoms with Gasteiger partial charge in [0, 0.05) is 36.7 Å². The highest BCUT2D eigenvalue weighted by Crippen LogP contribution is 2.26. The highest BCUT2D eigenvalue weighted by atomic mass is 19.3. The summed E-state index contributed by atoms with van der Waals surface area (Å²) < 4.78 is 27.5. The summed E-state index contributed by atoms with van der Waals surface area (Å²) in [6.07, 6.45) is 2.26. The number of aryl methyl sites for hydroxylation is 1. The van der Waals surface area contributed by atoms with E-state index in [-0.39, 0.29) is 17.7 Å². The summed E-state index contributed by atoms with van der Waals surface area (Å²) in [7, 11) is 0. The van der Waals surface area contributed by atoms with E-state index in [1.165, 1.54) is 12.3 Å². The normalized spacial score (nSPS) is 10.8. The van der Waals surface area contributed by atoms with Gasteiger partial charge in [0.2, 0.25) is 5.95 Å². The van der Waals surface area contributed by atoms with Crippen molar-refractivity contribution in [1.82, 2.24) is 30.4 Å². The second-order valence-electron chi connectivity index (χ2n) is 6.60. The van der Waals surface area contributed by atoms with Crippen molar-refractivity contribution in [3.8, 4) is 11.1 Å². The molecule has 3 aromatic rings. The summed E-state index contributed by atoms with van der Waals surface area (Å²) >= 11 is 0. The minimum Gasteiger partial charge on any atom is -0.338 e. The van der Waals surface area contributed by atoms with E-state index in [0.29, 0.717) is 25.3 Å². The van der Waals surface area contributed by atoms with Crippen LogP contribution in [0.25, 0.3) is 11.1 Å². The zero-order chi connectivity index (χ0) is 21.5. The van der Waals surface area contributed by atoms with Gasteiger partial charge >= 0.3 is 6.03 Å². The number of hydrogen-bond acceptors (Lipinski definition) is 5. The number of amides is 2. The molecule has 2 amide bonds. The summed E-state index contributed by atoms with van der Waals surface area (Å²) in [5.74, 6) is 0.108. The molecular formula is C20H23F2N7O. The van der Waals surface area contributed by atoms with Gasteiger partial charge in [-0.2, -0.15) is 5.10 Å². The Kier molecular flexibility index (Phi) is 6.89. The predicted octanol–water partition coefficient (Wildman–Crippen LogP) is 3.65. The highest BCUT2D eigenvalue weighted by Gasteiger charge is 2.11. The average Bonchev–Trinajstić information content (AvgIpc) is 3.17. The third-order valence-electron chi connectivity index (χ3n) is 4.16. The molecule has 0 saturated carbocycles. The maximum atomic E-state index is 12.9. The molecule has 0 aliphatic rings. The summed E-state index contributed by atoms with van der Waals surface area (Å²) in [4.78, 5) is 19.3. The van der Waals surface area contributed by atoms with Crippen molar-refractivity contribution in [3.63, 3.8) is 0 Å². The van der Waals surface area contributed by atoms with Crippen molar-refractivity contribution in [2.24, 2.45) is 0 Å². The maximum absolute atomic E-state index is 12.9. The lowest BCUT2D eigenvalue weighted by Gasteiger charge is -2.09. The molecular weight excluding hydrogens is 392 g/mol. The van der Waals surface area contributed by atoms with Crippen LogP contribution >= 0.6 is 0 Å². The third-order valence-corrected chi connectivity index (χ3v) is 4.16. The second-order valence-corrected chi connectivity index (χ2v) is 6.60. The standard InChI is InChI=1S/C20H23F2N7O/c1-3-23-20(30)25-6-7-29-12-15(11-26-29)14-8-13(2)9-16(10-14)27-19-24-5-4-17(28-19)18(21)22/h4-5,8-12,18H,3,6-7H2,1-2H3,(H2,23,25,30)(H,24,27,28). The molecule has 30 heavy (non-hydrogen) atoms. The molecule has 10 heteroatoms. The average molecular weight is 415 g/mol. The molecule has 0 fully saturated rings. The molecule has 0 bridgehead atoms. The molecule has 0 aliphatic heterocycles. The minimum absolute atomic E-state index is 0.108. The van der Waals surface area contributed by atoms with Crippen LogP contribution < -0.4 is 16.0 Å². The van der Waals surface area contributed by atoms with Crippen LogP contribution in [0.5, 0.6) is 0 Å². The molecule has 0 aliphatic carbocycles. The van der Waals surface area contributed by atoms with Gasteiger partial charge in [0.25, 0.3) is 6.43 Å². The number of rotatable bonds is 8. The Morgan fingerprint density at radius 3 is 2.80 bits per heavy atom. The first kappa shape index (κ1) is 21.2. The van der Waals surface area contributed by atoms with Gasteiger partial charge in [0.05, 0.1) is 12.7 Å². The van der Waals surface area contributed by atoms with Gasteiger partial charge in [-0.05, 0) is 43.2 Å². The van der Waals surface area contributed by atoms with Crippen LogP contribution in [0.15, 0.2) is 42.9 Å². The van der Waals surface area contributed by atoms with Crippen molar-refractivity contribution in [3.05, 3.63) is 54.1 Å². The largest absolute Gasteiger partial charge is 0.338 e. The van der Waals surface area contributed by atoms with Crippen LogP contribution in [0.2, 0.25) is 0 Å². The van der Waals surface area contributed by atoms with E-state index >= 15 is 0 Å². The molecule has 158 valence electrons. The predicted molar refractivity (Wildman–Crippen MR) is 110 cm³/mol. The number of anilines is 2. The monoisotopic (exact) mass is 415 g/mol. The number of urea groups is 1. The number of carbonyl (C=O) groups excluding carboxylic acids is 1. The number of benzene rings is 1. The molecule has 0 saturated heterocycles. The van der Waals surface area contributed by atoms with Gasteiger partial charge in [-0.25, -0.2) is 23.5 Å². The quantitative estimate of drug-likeness (QED) is 0.522. The lowest BCUT2D eigenvalue weighted by atomic mass is 10.1. The second kappa shape index (κ2) is 9.77. The van der Waals surface area contributed by atoms with Crippen LogP contribution in [0.1, 0.15) is 24.6 Å². The first-order valence-electron chi connectivity index (χ1n) is 9.49. The molecule has 3 rings (SSSR count). The molecule has 8 nitrogen and oxygen atoms in total. The van der Waals surface area contributed by atoms with Crippen molar-refractivity contribution >= 4 is 17.7 Å². The summed E-state index contributed by atoms with van der Waals surface area (Å²) in [6.45, 7) is 5.34. The van der Waals surface area contributed by atoms with E-state index in [1.54, 1.807) is 10.9 Å². The molecule has 2 heterocycles. The molecule has 3 N–H and O–H groups in total. The fourth-order valence-corrected chi connectivity index (χ4v) is 2.85. The molecule has 2 aromatic heterocycles. The third kappa shape index (κ3) is 5.72. The van der Waals surface area contributed by atoms with Crippen molar-refractivity contribution < 1.29 is 13.6 Å². The van der Waals surface area contributed by atoms with E-state index in [2.05, 4.69) is 31.0 Å². The Bertz CT molecular complexity index is 1010. The molecule has 0 atom stereocenters. The van der Waals surface area contributed by atoms with Crippen molar-refractivity contribution in [1.29, 1.82) is 0 Å². The number of halogens is 2. The first-order chi connectivity index (χ1) is 14.4. The van der Waals surface area contributed by atoms with Crippen LogP contribution in [0, 0.1) is 6.92 Å². The Hall–Kier alpha value is -3.56. The minimum atomic E-state index is -2.66. The number of carbonyl (C=O) groups is 1. The van der Waals surface area contributed by atoms with Crippen LogP contribution in [0.3, 0.4) is 0 Å². The first-order valence-corrected chi connectivity index (χ1v) is 9.49.